The van der Waals surface area contributed by atoms with Crippen LogP contribution >= 0.6 is 0 Å². The topological polar surface area (TPSA) is 121 Å². The van der Waals surface area contributed by atoms with E-state index in [0.29, 0.717) is 5.70 Å². The van der Waals surface area contributed by atoms with Gasteiger partial charge >= 0.3 is 0 Å². The number of nitrogens with one attached hydrogen (secondary N) is 1. The van der Waals surface area contributed by atoms with Crippen LogP contribution in [0.1, 0.15) is 43.0 Å². The summed E-state index contributed by atoms with van der Waals surface area (Å²) in [7, 11) is 0. The number of amides is 1. The number of rotatable bonds is 6. The number of fused-ring (bicyclic) bond motifs is 1. The Labute approximate surface area is 177 Å². The Balaban J connectivity index is 2.01. The minimum absolute atomic E-state index is 0.00298. The first-order valence-electron chi connectivity index (χ1n) is 10.0. The summed E-state index contributed by atoms with van der Waals surface area (Å²) >= 11 is 0. The van der Waals surface area contributed by atoms with Gasteiger partial charge in [-0.25, -0.2) is 10.8 Å². The number of carbonyl (C=O) groups is 1. The van der Waals surface area contributed by atoms with E-state index in [1.165, 1.54) is 5.01 Å². The smallest absolute Gasteiger partial charge is 0.224 e. The van der Waals surface area contributed by atoms with Gasteiger partial charge in [0.2, 0.25) is 5.91 Å². The molecule has 1 amide bonds. The maximum atomic E-state index is 12.3. The Bertz CT molecular complexity index is 945. The van der Waals surface area contributed by atoms with Crippen LogP contribution in [0.15, 0.2) is 42.7 Å². The molecule has 2 atom stereocenters. The van der Waals surface area contributed by atoms with Crippen LogP contribution in [0.2, 0.25) is 0 Å². The van der Waals surface area contributed by atoms with Gasteiger partial charge in [-0.3, -0.25) is 4.79 Å². The average molecular weight is 411 g/mol. The largest absolute Gasteiger partial charge is 0.397 e. The van der Waals surface area contributed by atoms with Crippen molar-refractivity contribution < 1.29 is 9.90 Å². The molecule has 8 heteroatoms. The van der Waals surface area contributed by atoms with Crippen molar-refractivity contribution in [2.24, 2.45) is 11.6 Å². The summed E-state index contributed by atoms with van der Waals surface area (Å²) in [5.74, 6) is 6.62. The van der Waals surface area contributed by atoms with E-state index in [4.69, 9.17) is 16.7 Å². The van der Waals surface area contributed by atoms with E-state index in [1.54, 1.807) is 19.3 Å². The standard InChI is InChI=1S/C22H30N6O2/c1-14-6-7-25-22(10-14)26-20-11-15(2)28(16(3)30)21-5-4-17(12-18(20)21)19(23)13-27(24)8-9-29/h4-7,10,12-13,15,20,29H,8-9,11,23-24H2,1-3H3,(H,25,26)/b19-13-/t15-,20+/m0/s1. The number of hydrogen-bond donors (Lipinski definition) is 4. The van der Waals surface area contributed by atoms with Crippen molar-refractivity contribution in [2.45, 2.75) is 39.3 Å². The molecule has 8 nitrogen and oxygen atoms in total. The first-order chi connectivity index (χ1) is 14.3. The van der Waals surface area contributed by atoms with E-state index in [1.807, 2.05) is 49.1 Å². The number of aliphatic hydroxyl groups is 1. The van der Waals surface area contributed by atoms with E-state index in [2.05, 4.69) is 10.3 Å². The lowest BCUT2D eigenvalue weighted by molar-refractivity contribution is -0.117. The number of anilines is 2. The van der Waals surface area contributed by atoms with Crippen molar-refractivity contribution >= 4 is 23.1 Å². The Hall–Kier alpha value is -3.10. The molecule has 2 heterocycles. The van der Waals surface area contributed by atoms with Gasteiger partial charge in [0.15, 0.2) is 0 Å². The number of benzene rings is 1. The number of pyridine rings is 1. The molecule has 0 spiro atoms. The highest BCUT2D eigenvalue weighted by Crippen LogP contribution is 2.40. The molecule has 0 unspecified atom stereocenters. The quantitative estimate of drug-likeness (QED) is 0.425. The Kier molecular flexibility index (Phi) is 6.59. The van der Waals surface area contributed by atoms with Crippen LogP contribution < -0.4 is 21.8 Å². The van der Waals surface area contributed by atoms with E-state index in [0.717, 1.165) is 34.6 Å². The highest BCUT2D eigenvalue weighted by atomic mass is 16.3. The van der Waals surface area contributed by atoms with Gasteiger partial charge < -0.3 is 26.1 Å². The molecule has 1 aliphatic heterocycles. The van der Waals surface area contributed by atoms with Gasteiger partial charge in [0.05, 0.1) is 24.9 Å². The molecule has 0 aliphatic carbocycles. The van der Waals surface area contributed by atoms with Crippen LogP contribution in [0, 0.1) is 6.92 Å². The number of carbonyl (C=O) groups excluding carboxylic acids is 1. The van der Waals surface area contributed by atoms with Crippen molar-refractivity contribution in [2.75, 3.05) is 23.4 Å². The lowest BCUT2D eigenvalue weighted by atomic mass is 9.89. The Morgan fingerprint density at radius 1 is 1.40 bits per heavy atom. The van der Waals surface area contributed by atoms with Crippen molar-refractivity contribution in [1.29, 1.82) is 0 Å². The number of aromatic nitrogens is 1. The molecule has 30 heavy (non-hydrogen) atoms. The van der Waals surface area contributed by atoms with Gasteiger partial charge in [0.25, 0.3) is 0 Å². The molecular weight excluding hydrogens is 380 g/mol. The highest BCUT2D eigenvalue weighted by molar-refractivity contribution is 5.94. The van der Waals surface area contributed by atoms with Crippen molar-refractivity contribution in [3.05, 3.63) is 59.4 Å². The zero-order valence-corrected chi connectivity index (χ0v) is 17.7. The average Bonchev–Trinajstić information content (AvgIpc) is 2.67. The zero-order chi connectivity index (χ0) is 21.8. The third kappa shape index (κ3) is 4.72. The van der Waals surface area contributed by atoms with Gasteiger partial charge in [0, 0.05) is 31.0 Å². The van der Waals surface area contributed by atoms with Crippen LogP contribution in [0.25, 0.3) is 5.70 Å². The molecular formula is C22H30N6O2. The van der Waals surface area contributed by atoms with Gasteiger partial charge in [0.1, 0.15) is 5.82 Å². The molecule has 2 aromatic rings. The molecule has 6 N–H and O–H groups in total. The van der Waals surface area contributed by atoms with Gasteiger partial charge in [-0.1, -0.05) is 6.07 Å². The molecule has 1 aromatic carbocycles. The monoisotopic (exact) mass is 410 g/mol. The Morgan fingerprint density at radius 2 is 2.17 bits per heavy atom. The second-order valence-electron chi connectivity index (χ2n) is 7.71. The third-order valence-electron chi connectivity index (χ3n) is 5.25. The molecule has 0 bridgehead atoms. The van der Waals surface area contributed by atoms with Gasteiger partial charge in [-0.05, 0) is 61.2 Å². The molecule has 1 aromatic heterocycles. The number of aliphatic hydroxyl groups excluding tert-OH is 1. The predicted octanol–water partition coefficient (Wildman–Crippen LogP) is 2.11. The summed E-state index contributed by atoms with van der Waals surface area (Å²) < 4.78 is 0. The third-order valence-corrected chi connectivity index (χ3v) is 5.25. The molecule has 0 saturated carbocycles. The maximum absolute atomic E-state index is 12.3. The van der Waals surface area contributed by atoms with Crippen LogP contribution in [-0.2, 0) is 4.79 Å². The fourth-order valence-corrected chi connectivity index (χ4v) is 3.89. The Morgan fingerprint density at radius 3 is 2.83 bits per heavy atom. The van der Waals surface area contributed by atoms with Crippen molar-refractivity contribution in [1.82, 2.24) is 9.99 Å². The molecule has 0 saturated heterocycles. The molecule has 160 valence electrons. The predicted molar refractivity (Wildman–Crippen MR) is 119 cm³/mol. The maximum Gasteiger partial charge on any atom is 0.224 e. The van der Waals surface area contributed by atoms with Crippen LogP contribution in [0.3, 0.4) is 0 Å². The summed E-state index contributed by atoms with van der Waals surface area (Å²) in [5.41, 5.74) is 10.5. The summed E-state index contributed by atoms with van der Waals surface area (Å²) in [5, 5.41) is 13.9. The van der Waals surface area contributed by atoms with Gasteiger partial charge in [-0.15, -0.1) is 0 Å². The lowest BCUT2D eigenvalue weighted by Gasteiger charge is -2.39. The molecule has 3 rings (SSSR count). The normalized spacial score (nSPS) is 18.7. The van der Waals surface area contributed by atoms with Gasteiger partial charge in [-0.2, -0.15) is 0 Å². The minimum Gasteiger partial charge on any atom is -0.397 e. The molecule has 1 aliphatic rings. The SMILES string of the molecule is CC(=O)N1c2ccc(/C(N)=C/N(N)CCO)cc2[C@H](Nc2cc(C)ccn2)C[C@@H]1C. The fraction of sp³-hybridized carbons (Fsp3) is 0.364. The van der Waals surface area contributed by atoms with Crippen LogP contribution in [0.4, 0.5) is 11.5 Å². The number of aryl methyl sites for hydroxylation is 1. The van der Waals surface area contributed by atoms with Crippen LogP contribution in [0.5, 0.6) is 0 Å². The summed E-state index contributed by atoms with van der Waals surface area (Å²) in [6, 6.07) is 9.76. The summed E-state index contributed by atoms with van der Waals surface area (Å²) in [6.07, 6.45) is 4.11. The second-order valence-corrected chi connectivity index (χ2v) is 7.71. The summed E-state index contributed by atoms with van der Waals surface area (Å²) in [4.78, 5) is 18.6. The number of nitrogens with zero attached hydrogens (tertiary/aromatic N) is 3. The highest BCUT2D eigenvalue weighted by Gasteiger charge is 2.32. The van der Waals surface area contributed by atoms with Crippen LogP contribution in [-0.4, -0.2) is 40.2 Å². The first-order valence-corrected chi connectivity index (χ1v) is 10.0. The van der Waals surface area contributed by atoms with E-state index >= 15 is 0 Å². The first kappa shape index (κ1) is 21.6. The minimum atomic E-state index is -0.0641. The van der Waals surface area contributed by atoms with Crippen molar-refractivity contribution in [3.63, 3.8) is 0 Å². The number of hydrazine groups is 1. The molecule has 0 fully saturated rings. The number of nitrogens with two attached hydrogens (primary N) is 2. The van der Waals surface area contributed by atoms with E-state index < -0.39 is 0 Å². The fourth-order valence-electron chi connectivity index (χ4n) is 3.89. The van der Waals surface area contributed by atoms with E-state index in [9.17, 15) is 4.79 Å². The van der Waals surface area contributed by atoms with Crippen molar-refractivity contribution in [3.8, 4) is 0 Å². The zero-order valence-electron chi connectivity index (χ0n) is 17.7. The number of hydrogen-bond acceptors (Lipinski definition) is 7. The lowest BCUT2D eigenvalue weighted by Crippen LogP contribution is -2.43. The van der Waals surface area contributed by atoms with E-state index in [-0.39, 0.29) is 31.1 Å². The second kappa shape index (κ2) is 9.15. The molecule has 0 radical (unpaired) electrons. The summed E-state index contributed by atoms with van der Waals surface area (Å²) in [6.45, 7) is 5.87.